The van der Waals surface area contributed by atoms with Crippen molar-refractivity contribution in [2.24, 2.45) is 5.92 Å². The van der Waals surface area contributed by atoms with Crippen molar-refractivity contribution in [1.82, 2.24) is 4.90 Å². The van der Waals surface area contributed by atoms with E-state index in [1.165, 1.54) is 4.90 Å². The van der Waals surface area contributed by atoms with Gasteiger partial charge < -0.3 is 9.47 Å². The Morgan fingerprint density at radius 1 is 1.06 bits per heavy atom. The summed E-state index contributed by atoms with van der Waals surface area (Å²) in [5, 5.41) is 9.57. The molecule has 6 nitrogen and oxygen atoms in total. The van der Waals surface area contributed by atoms with E-state index in [0.717, 1.165) is 37.7 Å². The second kappa shape index (κ2) is 12.8. The molecule has 1 aliphatic heterocycles. The topological polar surface area (TPSA) is 79.6 Å². The first kappa shape index (κ1) is 26.2. The summed E-state index contributed by atoms with van der Waals surface area (Å²) in [6.07, 6.45) is 6.44. The summed E-state index contributed by atoms with van der Waals surface area (Å²) < 4.78 is 11.7. The smallest absolute Gasteiger partial charge is 0.271 e. The number of hydrogen-bond donors (Lipinski definition) is 0. The van der Waals surface area contributed by atoms with Crippen molar-refractivity contribution in [1.29, 1.82) is 5.26 Å². The summed E-state index contributed by atoms with van der Waals surface area (Å²) in [4.78, 5) is 27.1. The molecule has 2 amide bonds. The molecule has 0 radical (unpaired) electrons. The zero-order valence-electron chi connectivity index (χ0n) is 20.6. The number of benzene rings is 1. The van der Waals surface area contributed by atoms with Crippen molar-refractivity contribution in [2.45, 2.75) is 66.7 Å². The average Bonchev–Trinajstić information content (AvgIpc) is 2.78. The maximum atomic E-state index is 13.2. The second-order valence-corrected chi connectivity index (χ2v) is 8.66. The third-order valence-corrected chi connectivity index (χ3v) is 5.59. The Kier molecular flexibility index (Phi) is 10.2. The molecule has 6 heteroatoms. The number of amides is 2. The van der Waals surface area contributed by atoms with E-state index >= 15 is 0 Å². The number of rotatable bonds is 12. The Morgan fingerprint density at radius 2 is 1.82 bits per heavy atom. The molecule has 0 fully saturated rings. The normalized spacial score (nSPS) is 15.4. The average molecular weight is 453 g/mol. The summed E-state index contributed by atoms with van der Waals surface area (Å²) in [6.45, 7) is 11.4. The molecule has 0 aliphatic carbocycles. The number of carbonyl (C=O) groups is 2. The standard InChI is InChI=1S/C27H36N2O4/c1-6-8-9-10-14-29-26(30)22(20(5)23(18-28)27(29)31)16-21-11-12-24(25(17-21)32-7-2)33-15-13-19(3)4/h11-12,16-17,19H,6-10,13-15H2,1-5H3/b22-16+. The van der Waals surface area contributed by atoms with Crippen molar-refractivity contribution in [3.8, 4) is 17.6 Å². The van der Waals surface area contributed by atoms with E-state index in [9.17, 15) is 14.9 Å². The molecule has 0 saturated heterocycles. The fraction of sp³-hybridized carbons (Fsp3) is 0.519. The number of hydrogen-bond acceptors (Lipinski definition) is 5. The predicted molar refractivity (Wildman–Crippen MR) is 130 cm³/mol. The number of imide groups is 1. The highest BCUT2D eigenvalue weighted by Gasteiger charge is 2.35. The Labute approximate surface area is 197 Å². The number of ether oxygens (including phenoxy) is 2. The van der Waals surface area contributed by atoms with Gasteiger partial charge in [0.25, 0.3) is 11.8 Å². The molecule has 1 heterocycles. The van der Waals surface area contributed by atoms with E-state index < -0.39 is 5.91 Å². The Morgan fingerprint density at radius 3 is 2.45 bits per heavy atom. The molecule has 2 rings (SSSR count). The minimum absolute atomic E-state index is 0.0232. The van der Waals surface area contributed by atoms with E-state index in [2.05, 4.69) is 20.8 Å². The van der Waals surface area contributed by atoms with E-state index in [1.54, 1.807) is 13.0 Å². The number of nitriles is 1. The molecule has 1 aliphatic rings. The molecule has 0 bridgehead atoms. The molecule has 0 spiro atoms. The van der Waals surface area contributed by atoms with Crippen molar-refractivity contribution in [3.05, 3.63) is 40.5 Å². The van der Waals surface area contributed by atoms with Gasteiger partial charge in [-0.3, -0.25) is 14.5 Å². The molecule has 178 valence electrons. The molecule has 0 unspecified atom stereocenters. The van der Waals surface area contributed by atoms with Crippen LogP contribution in [0.15, 0.2) is 34.9 Å². The lowest BCUT2D eigenvalue weighted by atomic mass is 9.93. The van der Waals surface area contributed by atoms with Gasteiger partial charge in [0.2, 0.25) is 0 Å². The third kappa shape index (κ3) is 6.95. The summed E-state index contributed by atoms with van der Waals surface area (Å²) in [5.74, 6) is 0.945. The minimum Gasteiger partial charge on any atom is -0.490 e. The quantitative estimate of drug-likeness (QED) is 0.231. The maximum absolute atomic E-state index is 13.2. The van der Waals surface area contributed by atoms with Gasteiger partial charge in [0.05, 0.1) is 13.2 Å². The molecule has 0 atom stereocenters. The van der Waals surface area contributed by atoms with Crippen LogP contribution in [0.1, 0.15) is 72.3 Å². The maximum Gasteiger partial charge on any atom is 0.271 e. The van der Waals surface area contributed by atoms with Crippen LogP contribution in [0.3, 0.4) is 0 Å². The van der Waals surface area contributed by atoms with E-state index in [1.807, 2.05) is 31.2 Å². The first-order chi connectivity index (χ1) is 15.8. The largest absolute Gasteiger partial charge is 0.490 e. The van der Waals surface area contributed by atoms with Crippen molar-refractivity contribution in [3.63, 3.8) is 0 Å². The Balaban J connectivity index is 2.36. The van der Waals surface area contributed by atoms with Gasteiger partial charge in [-0.15, -0.1) is 0 Å². The monoisotopic (exact) mass is 452 g/mol. The summed E-state index contributed by atoms with van der Waals surface area (Å²) in [6, 6.07) is 7.52. The summed E-state index contributed by atoms with van der Waals surface area (Å²) >= 11 is 0. The van der Waals surface area contributed by atoms with Gasteiger partial charge >= 0.3 is 0 Å². The van der Waals surface area contributed by atoms with Crippen LogP contribution in [0.4, 0.5) is 0 Å². The number of carbonyl (C=O) groups excluding carboxylic acids is 2. The lowest BCUT2D eigenvalue weighted by molar-refractivity contribution is -0.140. The second-order valence-electron chi connectivity index (χ2n) is 8.66. The molecular weight excluding hydrogens is 416 g/mol. The zero-order valence-corrected chi connectivity index (χ0v) is 20.6. The predicted octanol–water partition coefficient (Wildman–Crippen LogP) is 5.68. The van der Waals surface area contributed by atoms with Gasteiger partial charge in [-0.1, -0.05) is 46.1 Å². The van der Waals surface area contributed by atoms with Crippen LogP contribution in [0, 0.1) is 17.2 Å². The fourth-order valence-electron chi connectivity index (χ4n) is 3.60. The summed E-state index contributed by atoms with van der Waals surface area (Å²) in [7, 11) is 0. The van der Waals surface area contributed by atoms with Crippen LogP contribution < -0.4 is 9.47 Å². The van der Waals surface area contributed by atoms with Crippen molar-refractivity contribution < 1.29 is 19.1 Å². The Bertz CT molecular complexity index is 953. The molecule has 33 heavy (non-hydrogen) atoms. The highest BCUT2D eigenvalue weighted by Crippen LogP contribution is 2.32. The first-order valence-electron chi connectivity index (χ1n) is 11.9. The van der Waals surface area contributed by atoms with Crippen molar-refractivity contribution >= 4 is 17.9 Å². The van der Waals surface area contributed by atoms with E-state index in [4.69, 9.17) is 9.47 Å². The lowest BCUT2D eigenvalue weighted by Gasteiger charge is -2.27. The molecular formula is C27H36N2O4. The SMILES string of the molecule is CCCCCCN1C(=O)C(C#N)=C(C)/C(=C\c2ccc(OCCC(C)C)c(OCC)c2)C1=O. The first-order valence-corrected chi connectivity index (χ1v) is 11.9. The van der Waals surface area contributed by atoms with Gasteiger partial charge in [0, 0.05) is 12.1 Å². The Hall–Kier alpha value is -3.07. The molecule has 1 aromatic rings. The van der Waals surface area contributed by atoms with Gasteiger partial charge in [-0.05, 0) is 62.0 Å². The van der Waals surface area contributed by atoms with E-state index in [-0.39, 0.29) is 11.5 Å². The van der Waals surface area contributed by atoms with Gasteiger partial charge in [0.15, 0.2) is 11.5 Å². The van der Waals surface area contributed by atoms with Gasteiger partial charge in [-0.2, -0.15) is 5.26 Å². The molecule has 0 saturated carbocycles. The zero-order chi connectivity index (χ0) is 24.4. The lowest BCUT2D eigenvalue weighted by Crippen LogP contribution is -2.43. The summed E-state index contributed by atoms with van der Waals surface area (Å²) in [5.41, 5.74) is 1.54. The highest BCUT2D eigenvalue weighted by molar-refractivity contribution is 6.19. The van der Waals surface area contributed by atoms with Crippen molar-refractivity contribution in [2.75, 3.05) is 19.8 Å². The van der Waals surface area contributed by atoms with Crippen LogP contribution in [-0.2, 0) is 9.59 Å². The van der Waals surface area contributed by atoms with Crippen LogP contribution in [0.5, 0.6) is 11.5 Å². The van der Waals surface area contributed by atoms with Crippen LogP contribution in [0.25, 0.3) is 6.08 Å². The number of nitrogens with zero attached hydrogens (tertiary/aromatic N) is 2. The van der Waals surface area contributed by atoms with Gasteiger partial charge in [-0.25, -0.2) is 0 Å². The highest BCUT2D eigenvalue weighted by atomic mass is 16.5. The molecule has 1 aromatic carbocycles. The molecule has 0 aromatic heterocycles. The third-order valence-electron chi connectivity index (χ3n) is 5.59. The number of unbranched alkanes of at least 4 members (excludes halogenated alkanes) is 3. The minimum atomic E-state index is -0.502. The van der Waals surface area contributed by atoms with Gasteiger partial charge in [0.1, 0.15) is 11.6 Å². The van der Waals surface area contributed by atoms with Crippen LogP contribution in [0.2, 0.25) is 0 Å². The van der Waals surface area contributed by atoms with Crippen LogP contribution in [-0.4, -0.2) is 36.5 Å². The fourth-order valence-corrected chi connectivity index (χ4v) is 3.60. The van der Waals surface area contributed by atoms with E-state index in [0.29, 0.717) is 48.3 Å². The molecule has 0 N–H and O–H groups in total. The van der Waals surface area contributed by atoms with Crippen LogP contribution >= 0.6 is 0 Å².